The quantitative estimate of drug-likeness (QED) is 0.773. The van der Waals surface area contributed by atoms with E-state index in [1.54, 1.807) is 16.9 Å². The Balaban J connectivity index is 2.75. The third-order valence-corrected chi connectivity index (χ3v) is 2.54. The van der Waals surface area contributed by atoms with Gasteiger partial charge in [0.15, 0.2) is 5.75 Å². The Morgan fingerprint density at radius 2 is 2.43 bits per heavy atom. The van der Waals surface area contributed by atoms with Gasteiger partial charge < -0.3 is 0 Å². The molecule has 0 bridgehead atoms. The van der Waals surface area contributed by atoms with Gasteiger partial charge in [0.2, 0.25) is 10.0 Å². The normalized spacial score (nSPS) is 10.9. The monoisotopic (exact) mass is 214 g/mol. The van der Waals surface area contributed by atoms with Crippen LogP contribution in [0.1, 0.15) is 6.92 Å². The maximum Gasteiger partial charge on any atom is 0.246 e. The predicted molar refractivity (Wildman–Crippen MR) is 50.9 cm³/mol. The van der Waals surface area contributed by atoms with Crippen LogP contribution in [0.25, 0.3) is 0 Å². The summed E-state index contributed by atoms with van der Waals surface area (Å²) in [5.41, 5.74) is 0.377. The maximum absolute atomic E-state index is 11.1. The molecule has 1 heterocycles. The van der Waals surface area contributed by atoms with E-state index in [0.29, 0.717) is 12.2 Å². The van der Waals surface area contributed by atoms with Crippen molar-refractivity contribution in [3.05, 3.63) is 12.4 Å². The third-order valence-electron chi connectivity index (χ3n) is 1.49. The van der Waals surface area contributed by atoms with Crippen LogP contribution in [0.4, 0.5) is 5.69 Å². The number of aromatic nitrogens is 2. The van der Waals surface area contributed by atoms with E-state index in [0.717, 1.165) is 0 Å². The van der Waals surface area contributed by atoms with Crippen molar-refractivity contribution in [3.8, 4) is 6.07 Å². The number of sulfonamides is 1. The molecule has 0 saturated carbocycles. The molecule has 1 rings (SSSR count). The van der Waals surface area contributed by atoms with E-state index in [2.05, 4.69) is 9.82 Å². The minimum Gasteiger partial charge on any atom is -0.279 e. The van der Waals surface area contributed by atoms with Crippen LogP contribution in [0.5, 0.6) is 0 Å². The van der Waals surface area contributed by atoms with Crippen molar-refractivity contribution in [2.45, 2.75) is 13.5 Å². The summed E-state index contributed by atoms with van der Waals surface area (Å²) < 4.78 is 26.1. The summed E-state index contributed by atoms with van der Waals surface area (Å²) in [6.07, 6.45) is 2.97. The Kier molecular flexibility index (Phi) is 3.09. The van der Waals surface area contributed by atoms with Gasteiger partial charge in [-0.3, -0.25) is 9.40 Å². The standard InChI is InChI=1S/C7H10N4O2S/c1-2-11-6-7(5-9-11)10-14(12,13)4-3-8/h5-6,10H,2,4H2,1H3. The molecular weight excluding hydrogens is 204 g/mol. The number of rotatable bonds is 4. The van der Waals surface area contributed by atoms with Gasteiger partial charge in [-0.1, -0.05) is 0 Å². The van der Waals surface area contributed by atoms with Gasteiger partial charge in [0.1, 0.15) is 0 Å². The zero-order valence-electron chi connectivity index (χ0n) is 7.64. The van der Waals surface area contributed by atoms with Gasteiger partial charge in [-0.25, -0.2) is 8.42 Å². The Bertz CT molecular complexity index is 443. The SMILES string of the molecule is CCn1cc(NS(=O)(=O)CC#N)cn1. The third kappa shape index (κ3) is 2.74. The van der Waals surface area contributed by atoms with Crippen molar-refractivity contribution in [1.29, 1.82) is 5.26 Å². The van der Waals surface area contributed by atoms with Crippen molar-refractivity contribution < 1.29 is 8.42 Å². The van der Waals surface area contributed by atoms with Gasteiger partial charge in [-0.15, -0.1) is 0 Å². The van der Waals surface area contributed by atoms with Gasteiger partial charge in [-0.2, -0.15) is 10.4 Å². The van der Waals surface area contributed by atoms with Crippen molar-refractivity contribution >= 4 is 15.7 Å². The topological polar surface area (TPSA) is 87.8 Å². The molecule has 1 aromatic rings. The Morgan fingerprint density at radius 3 is 2.93 bits per heavy atom. The minimum atomic E-state index is -3.54. The van der Waals surface area contributed by atoms with E-state index >= 15 is 0 Å². The van der Waals surface area contributed by atoms with Gasteiger partial charge in [0, 0.05) is 12.7 Å². The molecule has 0 aliphatic heterocycles. The molecule has 0 unspecified atom stereocenters. The molecule has 7 heteroatoms. The number of aryl methyl sites for hydroxylation is 1. The summed E-state index contributed by atoms with van der Waals surface area (Å²) in [4.78, 5) is 0. The first-order valence-corrected chi connectivity index (χ1v) is 5.62. The van der Waals surface area contributed by atoms with Crippen LogP contribution in [0, 0.1) is 11.3 Å². The number of hydrogen-bond donors (Lipinski definition) is 1. The fraction of sp³-hybridized carbons (Fsp3) is 0.429. The first kappa shape index (κ1) is 10.5. The summed E-state index contributed by atoms with van der Waals surface area (Å²) in [6.45, 7) is 2.56. The minimum absolute atomic E-state index is 0.377. The second kappa shape index (κ2) is 4.11. The molecule has 0 aliphatic rings. The fourth-order valence-electron chi connectivity index (χ4n) is 0.890. The molecule has 1 N–H and O–H groups in total. The number of anilines is 1. The number of hydrogen-bond acceptors (Lipinski definition) is 4. The summed E-state index contributed by atoms with van der Waals surface area (Å²) >= 11 is 0. The van der Waals surface area contributed by atoms with E-state index in [1.807, 2.05) is 6.92 Å². The first-order chi connectivity index (χ1) is 6.57. The van der Waals surface area contributed by atoms with Crippen molar-refractivity contribution in [2.75, 3.05) is 10.5 Å². The van der Waals surface area contributed by atoms with Crippen LogP contribution in [0.3, 0.4) is 0 Å². The first-order valence-electron chi connectivity index (χ1n) is 3.97. The van der Waals surface area contributed by atoms with E-state index in [4.69, 9.17) is 5.26 Å². The van der Waals surface area contributed by atoms with E-state index < -0.39 is 15.8 Å². The fourth-order valence-corrected chi connectivity index (χ4v) is 1.60. The lowest BCUT2D eigenvalue weighted by Gasteiger charge is -1.99. The van der Waals surface area contributed by atoms with Crippen LogP contribution in [0.2, 0.25) is 0 Å². The van der Waals surface area contributed by atoms with Gasteiger partial charge in [0.25, 0.3) is 0 Å². The van der Waals surface area contributed by atoms with Crippen molar-refractivity contribution in [1.82, 2.24) is 9.78 Å². The summed E-state index contributed by atoms with van der Waals surface area (Å²) in [6, 6.07) is 1.57. The molecule has 1 aromatic heterocycles. The average Bonchev–Trinajstić information content (AvgIpc) is 2.51. The number of nitriles is 1. The highest BCUT2D eigenvalue weighted by Gasteiger charge is 2.10. The molecule has 76 valence electrons. The van der Waals surface area contributed by atoms with Crippen molar-refractivity contribution in [2.24, 2.45) is 0 Å². The van der Waals surface area contributed by atoms with Gasteiger partial charge in [-0.05, 0) is 6.92 Å². The summed E-state index contributed by atoms with van der Waals surface area (Å²) in [7, 11) is -3.54. The molecule has 0 saturated heterocycles. The molecular formula is C7H10N4O2S. The van der Waals surface area contributed by atoms with Gasteiger partial charge in [0.05, 0.1) is 18.0 Å². The van der Waals surface area contributed by atoms with Crippen LogP contribution in [-0.2, 0) is 16.6 Å². The number of nitrogens with one attached hydrogen (secondary N) is 1. The highest BCUT2D eigenvalue weighted by molar-refractivity contribution is 7.92. The zero-order chi connectivity index (χ0) is 10.6. The Morgan fingerprint density at radius 1 is 1.71 bits per heavy atom. The molecule has 14 heavy (non-hydrogen) atoms. The second-order valence-corrected chi connectivity index (χ2v) is 4.33. The molecule has 0 fully saturated rings. The molecule has 0 aliphatic carbocycles. The number of nitrogens with zero attached hydrogens (tertiary/aromatic N) is 3. The van der Waals surface area contributed by atoms with E-state index in [9.17, 15) is 8.42 Å². The highest BCUT2D eigenvalue weighted by Crippen LogP contribution is 2.07. The molecule has 6 nitrogen and oxygen atoms in total. The summed E-state index contributed by atoms with van der Waals surface area (Å²) in [5, 5.41) is 12.1. The summed E-state index contributed by atoms with van der Waals surface area (Å²) in [5.74, 6) is -0.551. The van der Waals surface area contributed by atoms with Crippen LogP contribution in [-0.4, -0.2) is 24.0 Å². The predicted octanol–water partition coefficient (Wildman–Crippen LogP) is 0.168. The molecule has 0 atom stereocenters. The second-order valence-electron chi connectivity index (χ2n) is 2.60. The smallest absolute Gasteiger partial charge is 0.246 e. The van der Waals surface area contributed by atoms with Gasteiger partial charge >= 0.3 is 0 Å². The Labute approximate surface area is 82.2 Å². The van der Waals surface area contributed by atoms with Crippen LogP contribution in [0.15, 0.2) is 12.4 Å². The Hall–Kier alpha value is -1.55. The lowest BCUT2D eigenvalue weighted by Crippen LogP contribution is -2.15. The van der Waals surface area contributed by atoms with E-state index in [-0.39, 0.29) is 0 Å². The van der Waals surface area contributed by atoms with E-state index in [1.165, 1.54) is 6.20 Å². The lowest BCUT2D eigenvalue weighted by molar-refractivity contribution is 0.604. The maximum atomic E-state index is 11.1. The molecule has 0 radical (unpaired) electrons. The molecule has 0 aromatic carbocycles. The largest absolute Gasteiger partial charge is 0.279 e. The zero-order valence-corrected chi connectivity index (χ0v) is 8.45. The average molecular weight is 214 g/mol. The van der Waals surface area contributed by atoms with Crippen LogP contribution >= 0.6 is 0 Å². The molecule has 0 spiro atoms. The lowest BCUT2D eigenvalue weighted by atomic mass is 10.6. The van der Waals surface area contributed by atoms with Crippen molar-refractivity contribution in [3.63, 3.8) is 0 Å². The molecule has 0 amide bonds. The van der Waals surface area contributed by atoms with Crippen LogP contribution < -0.4 is 4.72 Å². The highest BCUT2D eigenvalue weighted by atomic mass is 32.2.